The maximum Gasteiger partial charge on any atom is 0.159 e. The fraction of sp³-hybridized carbons (Fsp3) is 0.0741. The van der Waals surface area contributed by atoms with Crippen molar-refractivity contribution in [2.45, 2.75) is 25.8 Å². The van der Waals surface area contributed by atoms with Crippen molar-refractivity contribution in [1.29, 1.82) is 0 Å². The van der Waals surface area contributed by atoms with Crippen molar-refractivity contribution in [3.05, 3.63) is 221 Å². The number of hydrogen-bond acceptors (Lipinski definition) is 4. The average molecular weight is 747 g/mol. The number of rotatable bonds is 6. The molecular formula is C54H38N2O2. The van der Waals surface area contributed by atoms with E-state index in [9.17, 15) is 0 Å². The lowest BCUT2D eigenvalue weighted by Crippen LogP contribution is -2.32. The van der Waals surface area contributed by atoms with E-state index in [0.29, 0.717) is 0 Å². The molecule has 2 heterocycles. The van der Waals surface area contributed by atoms with Gasteiger partial charge in [0.1, 0.15) is 11.2 Å². The Morgan fingerprint density at radius 3 is 1.88 bits per heavy atom. The van der Waals surface area contributed by atoms with Gasteiger partial charge in [0.25, 0.3) is 0 Å². The summed E-state index contributed by atoms with van der Waals surface area (Å²) in [5.74, 6) is 0.0518. The maximum absolute atomic E-state index is 6.73. The molecular weight excluding hydrogens is 709 g/mol. The number of fused-ring (bicyclic) bond motifs is 6. The fourth-order valence-electron chi connectivity index (χ4n) is 9.80. The first-order valence-electron chi connectivity index (χ1n) is 20.1. The van der Waals surface area contributed by atoms with E-state index in [4.69, 9.17) is 8.83 Å². The smallest absolute Gasteiger partial charge is 0.159 e. The van der Waals surface area contributed by atoms with E-state index in [2.05, 4.69) is 194 Å². The molecule has 0 aliphatic heterocycles. The Bertz CT molecular complexity index is 3300. The van der Waals surface area contributed by atoms with Crippen molar-refractivity contribution in [3.8, 4) is 0 Å². The van der Waals surface area contributed by atoms with Crippen LogP contribution in [0.15, 0.2) is 202 Å². The normalized spacial score (nSPS) is 16.7. The molecule has 0 saturated heterocycles. The van der Waals surface area contributed by atoms with Crippen LogP contribution in [0, 0.1) is 13.8 Å². The van der Waals surface area contributed by atoms with E-state index in [0.717, 1.165) is 72.3 Å². The highest BCUT2D eigenvalue weighted by Crippen LogP contribution is 2.56. The van der Waals surface area contributed by atoms with Crippen LogP contribution in [0.4, 0.5) is 22.7 Å². The monoisotopic (exact) mass is 746 g/mol. The number of para-hydroxylation sites is 4. The summed E-state index contributed by atoms with van der Waals surface area (Å²) >= 11 is 0. The molecule has 0 bridgehead atoms. The molecule has 4 heteroatoms. The first-order chi connectivity index (χ1) is 28.6. The third kappa shape index (κ3) is 4.88. The molecule has 2 unspecified atom stereocenters. The van der Waals surface area contributed by atoms with E-state index < -0.39 is 0 Å². The Hall–Kier alpha value is -7.30. The molecule has 0 amide bonds. The highest BCUT2D eigenvalue weighted by Gasteiger charge is 2.41. The van der Waals surface area contributed by atoms with Gasteiger partial charge in [-0.25, -0.2) is 0 Å². The van der Waals surface area contributed by atoms with Crippen LogP contribution in [0.3, 0.4) is 0 Å². The van der Waals surface area contributed by atoms with Gasteiger partial charge in [0, 0.05) is 38.8 Å². The molecule has 9 aromatic rings. The van der Waals surface area contributed by atoms with Gasteiger partial charge in [-0.05, 0) is 107 Å². The van der Waals surface area contributed by atoms with E-state index in [-0.39, 0.29) is 12.0 Å². The number of benzene rings is 7. The van der Waals surface area contributed by atoms with Gasteiger partial charge in [-0.2, -0.15) is 0 Å². The molecule has 4 nitrogen and oxygen atoms in total. The molecule has 12 rings (SSSR count). The molecule has 0 fully saturated rings. The quantitative estimate of drug-likeness (QED) is 0.170. The number of aryl methyl sites for hydroxylation is 2. The third-order valence-corrected chi connectivity index (χ3v) is 12.3. The van der Waals surface area contributed by atoms with Crippen molar-refractivity contribution in [2.75, 3.05) is 9.80 Å². The zero-order valence-electron chi connectivity index (χ0n) is 32.2. The third-order valence-electron chi connectivity index (χ3n) is 12.3. The van der Waals surface area contributed by atoms with Crippen LogP contribution in [0.25, 0.3) is 50.0 Å². The Kier molecular flexibility index (Phi) is 7.15. The zero-order valence-corrected chi connectivity index (χ0v) is 32.2. The minimum Gasteiger partial charge on any atom is -0.454 e. The predicted molar refractivity (Wildman–Crippen MR) is 239 cm³/mol. The minimum absolute atomic E-state index is 0.0518. The molecule has 7 aromatic carbocycles. The molecule has 0 saturated carbocycles. The van der Waals surface area contributed by atoms with Crippen LogP contribution in [0.2, 0.25) is 0 Å². The van der Waals surface area contributed by atoms with Crippen LogP contribution in [0.1, 0.15) is 39.8 Å². The molecule has 58 heavy (non-hydrogen) atoms. The second kappa shape index (κ2) is 12.6. The Labute approximate surface area is 336 Å². The van der Waals surface area contributed by atoms with Gasteiger partial charge in [-0.3, -0.25) is 0 Å². The van der Waals surface area contributed by atoms with Gasteiger partial charge in [0.05, 0.1) is 23.1 Å². The van der Waals surface area contributed by atoms with E-state index >= 15 is 0 Å². The number of allylic oxidation sites excluding steroid dienone is 5. The summed E-state index contributed by atoms with van der Waals surface area (Å²) in [5.41, 5.74) is 17.8. The molecule has 0 N–H and O–H groups in total. The highest BCUT2D eigenvalue weighted by atomic mass is 16.3. The highest BCUT2D eigenvalue weighted by molar-refractivity contribution is 6.11. The number of anilines is 4. The average Bonchev–Trinajstić information content (AvgIpc) is 3.83. The SMILES string of the molecule is Cc1cccc(N(C2=Cc3cccc4c3C3C(=CC4N(c4cccc(C)c4)c4cccc5c4oc4ccccc45)C=CC=C23)c2cccc3c2oc2ccccc23)c1. The first-order valence-corrected chi connectivity index (χ1v) is 20.1. The van der Waals surface area contributed by atoms with Gasteiger partial charge < -0.3 is 18.6 Å². The Balaban J connectivity index is 1.09. The Morgan fingerprint density at radius 2 is 1.16 bits per heavy atom. The molecule has 0 spiro atoms. The summed E-state index contributed by atoms with van der Waals surface area (Å²) in [7, 11) is 0. The topological polar surface area (TPSA) is 32.8 Å². The molecule has 2 aromatic heterocycles. The summed E-state index contributed by atoms with van der Waals surface area (Å²) in [6.07, 6.45) is 11.8. The van der Waals surface area contributed by atoms with Gasteiger partial charge in [0.2, 0.25) is 0 Å². The second-order valence-electron chi connectivity index (χ2n) is 15.8. The summed E-state index contributed by atoms with van der Waals surface area (Å²) in [4.78, 5) is 4.91. The van der Waals surface area contributed by atoms with Crippen LogP contribution >= 0.6 is 0 Å². The molecule has 3 aliphatic rings. The lowest BCUT2D eigenvalue weighted by molar-refractivity contribution is 0.664. The summed E-state index contributed by atoms with van der Waals surface area (Å²) < 4.78 is 13.4. The maximum atomic E-state index is 6.73. The minimum atomic E-state index is -0.0991. The number of nitrogens with zero attached hydrogens (tertiary/aromatic N) is 2. The molecule has 276 valence electrons. The van der Waals surface area contributed by atoms with Crippen LogP contribution in [-0.2, 0) is 0 Å². The lowest BCUT2D eigenvalue weighted by Gasteiger charge is -2.44. The van der Waals surface area contributed by atoms with Crippen LogP contribution < -0.4 is 9.80 Å². The van der Waals surface area contributed by atoms with Crippen molar-refractivity contribution in [2.24, 2.45) is 0 Å². The summed E-state index contributed by atoms with van der Waals surface area (Å²) in [6.45, 7) is 4.33. The predicted octanol–water partition coefficient (Wildman–Crippen LogP) is 14.7. The zero-order chi connectivity index (χ0) is 38.5. The van der Waals surface area contributed by atoms with Crippen molar-refractivity contribution < 1.29 is 8.83 Å². The van der Waals surface area contributed by atoms with E-state index in [1.807, 2.05) is 12.1 Å². The molecule has 0 radical (unpaired) electrons. The van der Waals surface area contributed by atoms with Crippen LogP contribution in [0.5, 0.6) is 0 Å². The van der Waals surface area contributed by atoms with Gasteiger partial charge >= 0.3 is 0 Å². The van der Waals surface area contributed by atoms with E-state index in [1.165, 1.54) is 39.0 Å². The lowest BCUT2D eigenvalue weighted by atomic mass is 9.68. The summed E-state index contributed by atoms with van der Waals surface area (Å²) in [5, 5.41) is 4.48. The van der Waals surface area contributed by atoms with Crippen molar-refractivity contribution in [3.63, 3.8) is 0 Å². The number of hydrogen-bond donors (Lipinski definition) is 0. The largest absolute Gasteiger partial charge is 0.454 e. The number of furan rings is 2. The van der Waals surface area contributed by atoms with E-state index in [1.54, 1.807) is 0 Å². The van der Waals surface area contributed by atoms with Crippen LogP contribution in [-0.4, -0.2) is 0 Å². The van der Waals surface area contributed by atoms with Gasteiger partial charge in [0.15, 0.2) is 11.2 Å². The fourth-order valence-corrected chi connectivity index (χ4v) is 9.80. The standard InChI is InChI=1S/C54H38N2O2/c1-33-13-7-17-37(29-33)55(45-25-11-21-41-39-19-3-5-27-49(39)57-53(41)45)47-31-35-15-10-24-44-48(32-36-16-9-23-43(47)51(36)52(35)44)56(38-18-8-14-34(2)30-38)46-26-12-22-42-40-20-4-6-28-50(40)58-54(42)46/h3-32,47,52H,1-2H3. The second-order valence-corrected chi connectivity index (χ2v) is 15.8. The summed E-state index contributed by atoms with van der Waals surface area (Å²) in [6, 6.07) is 54.2. The first kappa shape index (κ1) is 32.9. The Morgan fingerprint density at radius 1 is 0.552 bits per heavy atom. The van der Waals surface area contributed by atoms with Gasteiger partial charge in [-0.1, -0.05) is 127 Å². The van der Waals surface area contributed by atoms with Crippen molar-refractivity contribution in [1.82, 2.24) is 0 Å². The molecule has 2 atom stereocenters. The molecule has 3 aliphatic carbocycles. The van der Waals surface area contributed by atoms with Gasteiger partial charge in [-0.15, -0.1) is 0 Å². The van der Waals surface area contributed by atoms with Crippen molar-refractivity contribution >= 4 is 72.7 Å².